The first-order chi connectivity index (χ1) is 13.1. The van der Waals surface area contributed by atoms with Gasteiger partial charge in [0.05, 0.1) is 19.3 Å². The molecule has 0 saturated heterocycles. The topological polar surface area (TPSA) is 73.3 Å². The fourth-order valence-corrected chi connectivity index (χ4v) is 3.58. The average Bonchev–Trinajstić information content (AvgIpc) is 2.69. The van der Waals surface area contributed by atoms with Gasteiger partial charge in [-0.2, -0.15) is 0 Å². The SMILES string of the molecule is Cc1cn(COC(COCc2ccccc2)C2CCCCC2)c(=O)[nH]c1=O. The summed E-state index contributed by atoms with van der Waals surface area (Å²) in [6.45, 7) is 2.84. The zero-order valence-electron chi connectivity index (χ0n) is 15.9. The maximum absolute atomic E-state index is 12.0. The highest BCUT2D eigenvalue weighted by Crippen LogP contribution is 2.28. The van der Waals surface area contributed by atoms with Gasteiger partial charge in [0.25, 0.3) is 5.56 Å². The van der Waals surface area contributed by atoms with Crippen molar-refractivity contribution in [3.05, 3.63) is 68.5 Å². The van der Waals surface area contributed by atoms with Gasteiger partial charge >= 0.3 is 5.69 Å². The van der Waals surface area contributed by atoms with Crippen molar-refractivity contribution in [1.29, 1.82) is 0 Å². The number of benzene rings is 1. The Labute approximate surface area is 159 Å². The van der Waals surface area contributed by atoms with Crippen LogP contribution in [0.2, 0.25) is 0 Å². The quantitative estimate of drug-likeness (QED) is 0.773. The molecular formula is C21H28N2O4. The van der Waals surface area contributed by atoms with Crippen molar-refractivity contribution < 1.29 is 9.47 Å². The first-order valence-corrected chi connectivity index (χ1v) is 9.67. The van der Waals surface area contributed by atoms with Gasteiger partial charge in [-0.05, 0) is 31.2 Å². The number of nitrogens with one attached hydrogen (secondary N) is 1. The molecule has 27 heavy (non-hydrogen) atoms. The molecule has 1 aromatic carbocycles. The summed E-state index contributed by atoms with van der Waals surface area (Å²) in [5, 5.41) is 0. The second kappa shape index (κ2) is 9.67. The van der Waals surface area contributed by atoms with Gasteiger partial charge < -0.3 is 9.47 Å². The Balaban J connectivity index is 1.62. The van der Waals surface area contributed by atoms with Crippen LogP contribution in [0.3, 0.4) is 0 Å². The van der Waals surface area contributed by atoms with Gasteiger partial charge in [-0.15, -0.1) is 0 Å². The highest BCUT2D eigenvalue weighted by molar-refractivity contribution is 5.13. The van der Waals surface area contributed by atoms with E-state index in [-0.39, 0.29) is 18.4 Å². The Hall–Kier alpha value is -2.18. The molecule has 0 spiro atoms. The zero-order valence-corrected chi connectivity index (χ0v) is 15.9. The van der Waals surface area contributed by atoms with Crippen molar-refractivity contribution in [2.24, 2.45) is 5.92 Å². The van der Waals surface area contributed by atoms with E-state index in [4.69, 9.17) is 9.47 Å². The first kappa shape index (κ1) is 19.6. The van der Waals surface area contributed by atoms with Gasteiger partial charge in [-0.1, -0.05) is 49.6 Å². The van der Waals surface area contributed by atoms with Crippen molar-refractivity contribution in [2.75, 3.05) is 6.61 Å². The highest BCUT2D eigenvalue weighted by Gasteiger charge is 2.25. The molecule has 1 aromatic heterocycles. The van der Waals surface area contributed by atoms with Crippen molar-refractivity contribution in [3.8, 4) is 0 Å². The van der Waals surface area contributed by atoms with Crippen molar-refractivity contribution in [1.82, 2.24) is 9.55 Å². The van der Waals surface area contributed by atoms with E-state index in [1.807, 2.05) is 30.3 Å². The molecule has 1 aliphatic rings. The largest absolute Gasteiger partial charge is 0.374 e. The highest BCUT2D eigenvalue weighted by atomic mass is 16.5. The Bertz CT molecular complexity index is 822. The lowest BCUT2D eigenvalue weighted by Gasteiger charge is -2.30. The molecule has 1 aliphatic carbocycles. The van der Waals surface area contributed by atoms with Crippen LogP contribution in [-0.2, 0) is 22.8 Å². The number of rotatable bonds is 8. The molecule has 0 bridgehead atoms. The zero-order chi connectivity index (χ0) is 19.1. The van der Waals surface area contributed by atoms with Crippen LogP contribution < -0.4 is 11.2 Å². The number of hydrogen-bond donors (Lipinski definition) is 1. The maximum atomic E-state index is 12.0. The lowest BCUT2D eigenvalue weighted by molar-refractivity contribution is -0.0834. The summed E-state index contributed by atoms with van der Waals surface area (Å²) in [4.78, 5) is 25.8. The molecule has 2 aromatic rings. The van der Waals surface area contributed by atoms with Gasteiger partial charge in [-0.25, -0.2) is 4.79 Å². The lowest BCUT2D eigenvalue weighted by atomic mass is 9.85. The van der Waals surface area contributed by atoms with Crippen LogP contribution in [0.15, 0.2) is 46.1 Å². The normalized spacial score (nSPS) is 16.3. The summed E-state index contributed by atoms with van der Waals surface area (Å²) in [5.74, 6) is 0.439. The summed E-state index contributed by atoms with van der Waals surface area (Å²) in [7, 11) is 0. The third kappa shape index (κ3) is 5.65. The third-order valence-electron chi connectivity index (χ3n) is 5.19. The second-order valence-corrected chi connectivity index (χ2v) is 7.27. The Morgan fingerprint density at radius 2 is 1.89 bits per heavy atom. The van der Waals surface area contributed by atoms with Gasteiger partial charge in [0, 0.05) is 11.8 Å². The number of aromatic amines is 1. The van der Waals surface area contributed by atoms with Crippen molar-refractivity contribution >= 4 is 0 Å². The monoisotopic (exact) mass is 372 g/mol. The smallest absolute Gasteiger partial charge is 0.330 e. The Morgan fingerprint density at radius 3 is 2.63 bits per heavy atom. The van der Waals surface area contributed by atoms with Gasteiger partial charge in [0.15, 0.2) is 0 Å². The van der Waals surface area contributed by atoms with Crippen molar-refractivity contribution in [3.63, 3.8) is 0 Å². The minimum atomic E-state index is -0.446. The number of aromatic nitrogens is 2. The van der Waals surface area contributed by atoms with Crippen LogP contribution >= 0.6 is 0 Å². The molecule has 1 saturated carbocycles. The molecule has 1 unspecified atom stereocenters. The van der Waals surface area contributed by atoms with Crippen LogP contribution in [0.4, 0.5) is 0 Å². The Morgan fingerprint density at radius 1 is 1.15 bits per heavy atom. The Kier molecular flexibility index (Phi) is 7.01. The van der Waals surface area contributed by atoms with E-state index >= 15 is 0 Å². The molecule has 6 heteroatoms. The van der Waals surface area contributed by atoms with Crippen LogP contribution in [0.1, 0.15) is 43.2 Å². The fraction of sp³-hybridized carbons (Fsp3) is 0.524. The van der Waals surface area contributed by atoms with E-state index in [2.05, 4.69) is 4.98 Å². The predicted molar refractivity (Wildman–Crippen MR) is 104 cm³/mol. The molecule has 1 fully saturated rings. The summed E-state index contributed by atoms with van der Waals surface area (Å²) in [5.41, 5.74) is 0.824. The number of aryl methyl sites for hydroxylation is 1. The summed E-state index contributed by atoms with van der Waals surface area (Å²) in [6, 6.07) is 10.1. The molecule has 0 radical (unpaired) electrons. The van der Waals surface area contributed by atoms with Crippen LogP contribution in [0.5, 0.6) is 0 Å². The molecule has 3 rings (SSSR count). The van der Waals surface area contributed by atoms with Crippen molar-refractivity contribution in [2.45, 2.75) is 58.5 Å². The molecule has 0 aliphatic heterocycles. The van der Waals surface area contributed by atoms with E-state index in [0.29, 0.717) is 24.7 Å². The fourth-order valence-electron chi connectivity index (χ4n) is 3.58. The summed E-state index contributed by atoms with van der Waals surface area (Å²) < 4.78 is 13.4. The van der Waals surface area contributed by atoms with E-state index in [0.717, 1.165) is 18.4 Å². The van der Waals surface area contributed by atoms with Gasteiger partial charge in [0.2, 0.25) is 0 Å². The molecule has 1 N–H and O–H groups in total. The van der Waals surface area contributed by atoms with E-state index in [1.165, 1.54) is 23.8 Å². The lowest BCUT2D eigenvalue weighted by Crippen LogP contribution is -2.35. The molecule has 6 nitrogen and oxygen atoms in total. The summed E-state index contributed by atoms with van der Waals surface area (Å²) in [6.07, 6.45) is 7.42. The average molecular weight is 372 g/mol. The molecule has 1 atom stereocenters. The van der Waals surface area contributed by atoms with Crippen LogP contribution in [0, 0.1) is 12.8 Å². The van der Waals surface area contributed by atoms with Crippen LogP contribution in [0.25, 0.3) is 0 Å². The molecule has 1 heterocycles. The minimum Gasteiger partial charge on any atom is -0.374 e. The van der Waals surface area contributed by atoms with E-state index in [1.54, 1.807) is 13.1 Å². The molecule has 146 valence electrons. The third-order valence-corrected chi connectivity index (χ3v) is 5.19. The van der Waals surface area contributed by atoms with E-state index < -0.39 is 5.69 Å². The molecule has 0 amide bonds. The maximum Gasteiger partial charge on any atom is 0.330 e. The number of nitrogens with zero attached hydrogens (tertiary/aromatic N) is 1. The summed E-state index contributed by atoms with van der Waals surface area (Å²) >= 11 is 0. The number of ether oxygens (including phenoxy) is 2. The van der Waals surface area contributed by atoms with Gasteiger partial charge in [-0.3, -0.25) is 14.3 Å². The number of hydrogen-bond acceptors (Lipinski definition) is 4. The first-order valence-electron chi connectivity index (χ1n) is 9.67. The number of H-pyrrole nitrogens is 1. The standard InChI is InChI=1S/C21H28N2O4/c1-16-12-23(21(25)22-20(16)24)15-27-19(18-10-6-3-7-11-18)14-26-13-17-8-4-2-5-9-17/h2,4-5,8-9,12,18-19H,3,6-7,10-11,13-15H2,1H3,(H,22,24,25). The molecular weight excluding hydrogens is 344 g/mol. The van der Waals surface area contributed by atoms with Crippen LogP contribution in [-0.4, -0.2) is 22.3 Å². The predicted octanol–water partition coefficient (Wildman–Crippen LogP) is 2.98. The minimum absolute atomic E-state index is 0.0619. The van der Waals surface area contributed by atoms with Gasteiger partial charge in [0.1, 0.15) is 6.73 Å². The second-order valence-electron chi connectivity index (χ2n) is 7.27. The van der Waals surface area contributed by atoms with E-state index in [9.17, 15) is 9.59 Å².